The molecule has 96 valence electrons. The van der Waals surface area contributed by atoms with Crippen molar-refractivity contribution in [1.82, 2.24) is 4.90 Å². The minimum Gasteiger partial charge on any atom is -0.383 e. The number of carbonyl (C=O) groups is 1. The fourth-order valence-electron chi connectivity index (χ4n) is 1.78. The molecule has 1 fully saturated rings. The molecule has 6 heteroatoms. The highest BCUT2D eigenvalue weighted by atomic mass is 16.5. The maximum absolute atomic E-state index is 12.2. The van der Waals surface area contributed by atoms with Gasteiger partial charge >= 0.3 is 0 Å². The Kier molecular flexibility index (Phi) is 5.91. The van der Waals surface area contributed by atoms with Crippen molar-refractivity contribution in [3.05, 3.63) is 0 Å². The molecule has 2 atom stereocenters. The summed E-state index contributed by atoms with van der Waals surface area (Å²) in [5, 5.41) is 8.57. The first-order valence-electron chi connectivity index (χ1n) is 5.68. The summed E-state index contributed by atoms with van der Waals surface area (Å²) in [4.78, 5) is 13.8. The van der Waals surface area contributed by atoms with Gasteiger partial charge in [-0.2, -0.15) is 5.26 Å². The molecule has 17 heavy (non-hydrogen) atoms. The number of carbonyl (C=O) groups excluding carboxylic acids is 1. The van der Waals surface area contributed by atoms with Crippen molar-refractivity contribution in [2.75, 3.05) is 40.0 Å². The van der Waals surface area contributed by atoms with E-state index in [2.05, 4.69) is 0 Å². The summed E-state index contributed by atoms with van der Waals surface area (Å²) in [5.41, 5.74) is 5.81. The van der Waals surface area contributed by atoms with Gasteiger partial charge in [0.15, 0.2) is 0 Å². The highest BCUT2D eigenvalue weighted by molar-refractivity contribution is 5.80. The molecule has 2 N–H and O–H groups in total. The minimum atomic E-state index is -0.287. The molecule has 0 bridgehead atoms. The molecule has 0 saturated carbocycles. The Labute approximate surface area is 101 Å². The quantitative estimate of drug-likeness (QED) is 0.667. The first-order valence-corrected chi connectivity index (χ1v) is 5.68. The third kappa shape index (κ3) is 3.97. The second-order valence-corrected chi connectivity index (χ2v) is 4.03. The first-order chi connectivity index (χ1) is 8.20. The monoisotopic (exact) mass is 241 g/mol. The van der Waals surface area contributed by atoms with E-state index in [0.29, 0.717) is 39.3 Å². The molecule has 1 rings (SSSR count). The molecule has 0 aliphatic carbocycles. The van der Waals surface area contributed by atoms with Crippen LogP contribution < -0.4 is 5.73 Å². The third-order valence-electron chi connectivity index (χ3n) is 2.81. The highest BCUT2D eigenvalue weighted by Crippen LogP contribution is 2.15. The Bertz CT molecular complexity index is 290. The average Bonchev–Trinajstić information content (AvgIpc) is 2.75. The van der Waals surface area contributed by atoms with Crippen LogP contribution in [0.5, 0.6) is 0 Å². The topological polar surface area (TPSA) is 88.6 Å². The summed E-state index contributed by atoms with van der Waals surface area (Å²) >= 11 is 0. The number of nitriles is 1. The molecule has 0 aromatic rings. The van der Waals surface area contributed by atoms with Gasteiger partial charge in [0.1, 0.15) is 0 Å². The van der Waals surface area contributed by atoms with E-state index in [-0.39, 0.29) is 17.9 Å². The molecule has 1 aliphatic heterocycles. The fraction of sp³-hybridized carbons (Fsp3) is 0.818. The van der Waals surface area contributed by atoms with E-state index in [4.69, 9.17) is 20.5 Å². The van der Waals surface area contributed by atoms with Crippen molar-refractivity contribution >= 4 is 5.91 Å². The number of nitrogens with zero attached hydrogens (tertiary/aromatic N) is 2. The van der Waals surface area contributed by atoms with Gasteiger partial charge in [0.25, 0.3) is 0 Å². The number of amides is 1. The minimum absolute atomic E-state index is 0.0395. The van der Waals surface area contributed by atoms with E-state index in [1.54, 1.807) is 12.0 Å². The SMILES string of the molecule is COCCN(CCC#N)C(=O)C1COCC1N. The van der Waals surface area contributed by atoms with Crippen LogP contribution in [0.1, 0.15) is 6.42 Å². The van der Waals surface area contributed by atoms with E-state index in [9.17, 15) is 4.79 Å². The molecule has 1 aliphatic rings. The number of hydrogen-bond donors (Lipinski definition) is 1. The summed E-state index contributed by atoms with van der Waals surface area (Å²) in [6.45, 7) is 2.16. The molecule has 1 amide bonds. The second-order valence-electron chi connectivity index (χ2n) is 4.03. The maximum Gasteiger partial charge on any atom is 0.229 e. The summed E-state index contributed by atoms with van der Waals surface area (Å²) in [6, 6.07) is 1.79. The molecule has 2 unspecified atom stereocenters. The van der Waals surface area contributed by atoms with Crippen LogP contribution in [0.25, 0.3) is 0 Å². The molecular formula is C11H19N3O3. The zero-order valence-electron chi connectivity index (χ0n) is 10.1. The van der Waals surface area contributed by atoms with Crippen LogP contribution in [0.4, 0.5) is 0 Å². The molecule has 0 aromatic carbocycles. The van der Waals surface area contributed by atoms with E-state index in [0.717, 1.165) is 0 Å². The Morgan fingerprint density at radius 2 is 2.35 bits per heavy atom. The normalized spacial score (nSPS) is 23.4. The van der Waals surface area contributed by atoms with Gasteiger partial charge in [0.2, 0.25) is 5.91 Å². The molecule has 0 radical (unpaired) electrons. The average molecular weight is 241 g/mol. The summed E-state index contributed by atoms with van der Waals surface area (Å²) in [5.74, 6) is -0.326. The van der Waals surface area contributed by atoms with Gasteiger partial charge in [0, 0.05) is 26.2 Å². The van der Waals surface area contributed by atoms with Gasteiger partial charge in [-0.05, 0) is 0 Å². The van der Waals surface area contributed by atoms with Crippen molar-refractivity contribution in [2.45, 2.75) is 12.5 Å². The number of ether oxygens (including phenoxy) is 2. The fourth-order valence-corrected chi connectivity index (χ4v) is 1.78. The smallest absolute Gasteiger partial charge is 0.229 e. The zero-order valence-corrected chi connectivity index (χ0v) is 10.1. The lowest BCUT2D eigenvalue weighted by atomic mass is 10.0. The van der Waals surface area contributed by atoms with E-state index >= 15 is 0 Å². The molecule has 0 aromatic heterocycles. The molecule has 1 heterocycles. The first kappa shape index (κ1) is 13.9. The number of rotatable bonds is 6. The van der Waals surface area contributed by atoms with Crippen molar-refractivity contribution in [1.29, 1.82) is 5.26 Å². The molecule has 1 saturated heterocycles. The van der Waals surface area contributed by atoms with Crippen LogP contribution in [0.2, 0.25) is 0 Å². The predicted octanol–water partition coefficient (Wildman–Crippen LogP) is -0.651. The van der Waals surface area contributed by atoms with Gasteiger partial charge in [0.05, 0.1) is 38.2 Å². The van der Waals surface area contributed by atoms with Crippen LogP contribution >= 0.6 is 0 Å². The highest BCUT2D eigenvalue weighted by Gasteiger charge is 2.34. The number of nitrogens with two attached hydrogens (primary N) is 1. The van der Waals surface area contributed by atoms with Gasteiger partial charge in [-0.25, -0.2) is 0 Å². The van der Waals surface area contributed by atoms with Crippen molar-refractivity contribution in [2.24, 2.45) is 11.7 Å². The van der Waals surface area contributed by atoms with Crippen LogP contribution in [-0.2, 0) is 14.3 Å². The van der Waals surface area contributed by atoms with Crippen LogP contribution in [0.15, 0.2) is 0 Å². The summed E-state index contributed by atoms with van der Waals surface area (Å²) in [7, 11) is 1.58. The van der Waals surface area contributed by atoms with Crippen LogP contribution in [0.3, 0.4) is 0 Å². The molecule has 0 spiro atoms. The van der Waals surface area contributed by atoms with Gasteiger partial charge in [-0.3, -0.25) is 4.79 Å². The van der Waals surface area contributed by atoms with E-state index < -0.39 is 0 Å². The Morgan fingerprint density at radius 1 is 1.59 bits per heavy atom. The third-order valence-corrected chi connectivity index (χ3v) is 2.81. The molecular weight excluding hydrogens is 222 g/mol. The lowest BCUT2D eigenvalue weighted by molar-refractivity contribution is -0.136. The van der Waals surface area contributed by atoms with Crippen LogP contribution in [-0.4, -0.2) is 56.9 Å². The largest absolute Gasteiger partial charge is 0.383 e. The summed E-state index contributed by atoms with van der Waals surface area (Å²) < 4.78 is 10.1. The number of methoxy groups -OCH3 is 1. The zero-order chi connectivity index (χ0) is 12.7. The standard InChI is InChI=1S/C11H19N3O3/c1-16-6-5-14(4-2-3-12)11(15)9-7-17-8-10(9)13/h9-10H,2,4-8,13H2,1H3. The maximum atomic E-state index is 12.2. The summed E-state index contributed by atoms with van der Waals surface area (Å²) in [6.07, 6.45) is 0.318. The van der Waals surface area contributed by atoms with E-state index in [1.165, 1.54) is 0 Å². The van der Waals surface area contributed by atoms with Gasteiger partial charge < -0.3 is 20.1 Å². The van der Waals surface area contributed by atoms with Crippen LogP contribution in [0, 0.1) is 17.2 Å². The van der Waals surface area contributed by atoms with Crippen molar-refractivity contribution in [3.8, 4) is 6.07 Å². The molecule has 6 nitrogen and oxygen atoms in total. The lowest BCUT2D eigenvalue weighted by Gasteiger charge is -2.25. The Morgan fingerprint density at radius 3 is 2.88 bits per heavy atom. The van der Waals surface area contributed by atoms with Crippen molar-refractivity contribution in [3.63, 3.8) is 0 Å². The second kappa shape index (κ2) is 7.22. The van der Waals surface area contributed by atoms with Crippen molar-refractivity contribution < 1.29 is 14.3 Å². The lowest BCUT2D eigenvalue weighted by Crippen LogP contribution is -2.45. The van der Waals surface area contributed by atoms with E-state index in [1.807, 2.05) is 6.07 Å². The van der Waals surface area contributed by atoms with Gasteiger partial charge in [-0.1, -0.05) is 0 Å². The van der Waals surface area contributed by atoms with Gasteiger partial charge in [-0.15, -0.1) is 0 Å². The Balaban J connectivity index is 2.54. The predicted molar refractivity (Wildman–Crippen MR) is 61.0 cm³/mol. The number of hydrogen-bond acceptors (Lipinski definition) is 5. The Hall–Kier alpha value is -1.16.